The monoisotopic (exact) mass is 344 g/mol. The number of benzene rings is 3. The first-order valence-corrected chi connectivity index (χ1v) is 8.85. The summed E-state index contributed by atoms with van der Waals surface area (Å²) in [6.07, 6.45) is 1.74. The zero-order valence-corrected chi connectivity index (χ0v) is 14.8. The molecule has 0 radical (unpaired) electrons. The molecule has 1 unspecified atom stereocenters. The van der Waals surface area contributed by atoms with Gasteiger partial charge in [0.2, 0.25) is 0 Å². The Balaban J connectivity index is 2.19. The number of hydrogen-bond donors (Lipinski definition) is 1. The minimum absolute atomic E-state index is 0.0119. The standard InChI is InChI=1S/C24H24O2/c1-2-20(18-25)19-26-24(21-12-6-3-7-13-21,22-14-8-4-9-15-22)23-16-10-5-11-17-23/h2-17,20,25H,1,18-19H2. The van der Waals surface area contributed by atoms with Crippen molar-refractivity contribution in [3.05, 3.63) is 120 Å². The third-order valence-corrected chi connectivity index (χ3v) is 4.62. The van der Waals surface area contributed by atoms with E-state index in [0.717, 1.165) is 16.7 Å². The Hall–Kier alpha value is -2.68. The first kappa shape index (κ1) is 18.1. The molecule has 132 valence electrons. The van der Waals surface area contributed by atoms with Crippen LogP contribution in [0.25, 0.3) is 0 Å². The van der Waals surface area contributed by atoms with Crippen molar-refractivity contribution in [2.45, 2.75) is 5.60 Å². The molecule has 0 amide bonds. The van der Waals surface area contributed by atoms with Crippen molar-refractivity contribution >= 4 is 0 Å². The molecule has 0 aromatic heterocycles. The predicted octanol–water partition coefficient (Wildman–Crippen LogP) is 4.79. The van der Waals surface area contributed by atoms with Crippen molar-refractivity contribution < 1.29 is 9.84 Å². The van der Waals surface area contributed by atoms with E-state index in [4.69, 9.17) is 4.74 Å². The van der Waals surface area contributed by atoms with Crippen LogP contribution in [0.15, 0.2) is 104 Å². The van der Waals surface area contributed by atoms with Crippen molar-refractivity contribution in [3.8, 4) is 0 Å². The van der Waals surface area contributed by atoms with Gasteiger partial charge >= 0.3 is 0 Å². The number of aliphatic hydroxyl groups excluding tert-OH is 1. The predicted molar refractivity (Wildman–Crippen MR) is 106 cm³/mol. The van der Waals surface area contributed by atoms with Crippen molar-refractivity contribution in [2.24, 2.45) is 5.92 Å². The Bertz CT molecular complexity index is 701. The normalized spacial score (nSPS) is 12.5. The van der Waals surface area contributed by atoms with Crippen LogP contribution >= 0.6 is 0 Å². The largest absolute Gasteiger partial charge is 0.396 e. The molecule has 0 aliphatic heterocycles. The molecule has 0 spiro atoms. The highest BCUT2D eigenvalue weighted by Crippen LogP contribution is 2.40. The van der Waals surface area contributed by atoms with Crippen molar-refractivity contribution in [1.29, 1.82) is 0 Å². The summed E-state index contributed by atoms with van der Waals surface area (Å²) in [5.41, 5.74) is 2.41. The highest BCUT2D eigenvalue weighted by molar-refractivity contribution is 5.47. The fourth-order valence-corrected chi connectivity index (χ4v) is 3.20. The van der Waals surface area contributed by atoms with Gasteiger partial charge in [-0.2, -0.15) is 0 Å². The fourth-order valence-electron chi connectivity index (χ4n) is 3.20. The zero-order chi connectivity index (χ0) is 18.2. The molecule has 2 nitrogen and oxygen atoms in total. The molecule has 1 atom stereocenters. The lowest BCUT2D eigenvalue weighted by Crippen LogP contribution is -2.35. The van der Waals surface area contributed by atoms with Gasteiger partial charge in [-0.05, 0) is 16.7 Å². The second kappa shape index (κ2) is 8.61. The van der Waals surface area contributed by atoms with Gasteiger partial charge in [-0.25, -0.2) is 0 Å². The molecule has 2 heteroatoms. The van der Waals surface area contributed by atoms with Gasteiger partial charge in [0.1, 0.15) is 5.60 Å². The average Bonchev–Trinajstić information content (AvgIpc) is 2.74. The van der Waals surface area contributed by atoms with Crippen LogP contribution < -0.4 is 0 Å². The number of ether oxygens (including phenoxy) is 1. The molecular weight excluding hydrogens is 320 g/mol. The Kier molecular flexibility index (Phi) is 6.00. The van der Waals surface area contributed by atoms with Crippen LogP contribution in [-0.2, 0) is 10.3 Å². The maximum atomic E-state index is 9.58. The highest BCUT2D eigenvalue weighted by atomic mass is 16.5. The van der Waals surface area contributed by atoms with E-state index < -0.39 is 5.60 Å². The highest BCUT2D eigenvalue weighted by Gasteiger charge is 2.37. The SMILES string of the molecule is C=CC(CO)COC(c1ccccc1)(c1ccccc1)c1ccccc1. The smallest absolute Gasteiger partial charge is 0.143 e. The molecule has 3 aromatic rings. The van der Waals surface area contributed by atoms with E-state index in [1.165, 1.54) is 0 Å². The summed E-state index contributed by atoms with van der Waals surface area (Å²) in [6.45, 7) is 4.20. The average molecular weight is 344 g/mol. The maximum Gasteiger partial charge on any atom is 0.143 e. The zero-order valence-electron chi connectivity index (χ0n) is 14.8. The third-order valence-electron chi connectivity index (χ3n) is 4.62. The molecule has 0 heterocycles. The number of hydrogen-bond acceptors (Lipinski definition) is 2. The van der Waals surface area contributed by atoms with Gasteiger partial charge in [0, 0.05) is 5.92 Å². The minimum atomic E-state index is -0.750. The van der Waals surface area contributed by atoms with Crippen LogP contribution in [0.2, 0.25) is 0 Å². The van der Waals surface area contributed by atoms with E-state index >= 15 is 0 Å². The lowest BCUT2D eigenvalue weighted by Gasteiger charge is -2.36. The molecule has 0 saturated carbocycles. The molecule has 1 N–H and O–H groups in total. The molecule has 0 bridgehead atoms. The van der Waals surface area contributed by atoms with Crippen LogP contribution in [-0.4, -0.2) is 18.3 Å². The maximum absolute atomic E-state index is 9.58. The van der Waals surface area contributed by atoms with Crippen LogP contribution in [0.4, 0.5) is 0 Å². The van der Waals surface area contributed by atoms with Gasteiger partial charge < -0.3 is 9.84 Å². The second-order valence-corrected chi connectivity index (χ2v) is 6.27. The van der Waals surface area contributed by atoms with Crippen molar-refractivity contribution in [1.82, 2.24) is 0 Å². The first-order chi connectivity index (χ1) is 12.8. The molecular formula is C24H24O2. The topological polar surface area (TPSA) is 29.5 Å². The van der Waals surface area contributed by atoms with E-state index in [1.807, 2.05) is 54.6 Å². The summed E-state index contributed by atoms with van der Waals surface area (Å²) in [7, 11) is 0. The third kappa shape index (κ3) is 3.62. The number of aliphatic hydroxyl groups is 1. The Morgan fingerprint density at radius 2 is 1.15 bits per heavy atom. The van der Waals surface area contributed by atoms with Crippen molar-refractivity contribution in [3.63, 3.8) is 0 Å². The van der Waals surface area contributed by atoms with Crippen molar-refractivity contribution in [2.75, 3.05) is 13.2 Å². The Morgan fingerprint density at radius 3 is 1.46 bits per heavy atom. The van der Waals surface area contributed by atoms with Crippen LogP contribution in [0.5, 0.6) is 0 Å². The van der Waals surface area contributed by atoms with Gasteiger partial charge in [-0.3, -0.25) is 0 Å². The van der Waals surface area contributed by atoms with E-state index in [-0.39, 0.29) is 12.5 Å². The number of rotatable bonds is 8. The minimum Gasteiger partial charge on any atom is -0.396 e. The van der Waals surface area contributed by atoms with Gasteiger partial charge in [0.05, 0.1) is 13.2 Å². The van der Waals surface area contributed by atoms with Crippen LogP contribution in [0.1, 0.15) is 16.7 Å². The first-order valence-electron chi connectivity index (χ1n) is 8.85. The molecule has 3 rings (SSSR count). The molecule has 26 heavy (non-hydrogen) atoms. The Labute approximate surface area is 155 Å². The summed E-state index contributed by atoms with van der Waals surface area (Å²) in [4.78, 5) is 0. The molecule has 3 aromatic carbocycles. The van der Waals surface area contributed by atoms with E-state index in [2.05, 4.69) is 43.0 Å². The second-order valence-electron chi connectivity index (χ2n) is 6.27. The molecule has 0 fully saturated rings. The summed E-state index contributed by atoms with van der Waals surface area (Å²) in [5, 5.41) is 9.58. The summed E-state index contributed by atoms with van der Waals surface area (Å²) in [5.74, 6) is -0.120. The fraction of sp³-hybridized carbons (Fsp3) is 0.167. The van der Waals surface area contributed by atoms with Gasteiger partial charge in [0.25, 0.3) is 0 Å². The lowest BCUT2D eigenvalue weighted by molar-refractivity contribution is -0.00896. The summed E-state index contributed by atoms with van der Waals surface area (Å²) < 4.78 is 6.60. The Morgan fingerprint density at radius 1 is 0.769 bits per heavy atom. The van der Waals surface area contributed by atoms with E-state index in [1.54, 1.807) is 6.08 Å². The molecule has 0 aliphatic rings. The van der Waals surface area contributed by atoms with Gasteiger partial charge in [-0.15, -0.1) is 6.58 Å². The lowest BCUT2D eigenvalue weighted by atomic mass is 9.80. The summed E-state index contributed by atoms with van der Waals surface area (Å²) in [6, 6.07) is 30.7. The van der Waals surface area contributed by atoms with Crippen LogP contribution in [0, 0.1) is 5.92 Å². The van der Waals surface area contributed by atoms with E-state index in [9.17, 15) is 5.11 Å². The summed E-state index contributed by atoms with van der Waals surface area (Å²) >= 11 is 0. The van der Waals surface area contributed by atoms with E-state index in [0.29, 0.717) is 6.61 Å². The molecule has 0 aliphatic carbocycles. The van der Waals surface area contributed by atoms with Gasteiger partial charge in [-0.1, -0.05) is 97.1 Å². The van der Waals surface area contributed by atoms with Gasteiger partial charge in [0.15, 0.2) is 0 Å². The molecule has 0 saturated heterocycles. The quantitative estimate of drug-likeness (QED) is 0.470. The van der Waals surface area contributed by atoms with Crippen LogP contribution in [0.3, 0.4) is 0 Å².